The van der Waals surface area contributed by atoms with Crippen LogP contribution in [0.25, 0.3) is 0 Å². The Morgan fingerprint density at radius 2 is 1.61 bits per heavy atom. The predicted molar refractivity (Wildman–Crippen MR) is 162 cm³/mol. The summed E-state index contributed by atoms with van der Waals surface area (Å²) in [6, 6.07) is 5.98. The van der Waals surface area contributed by atoms with Crippen molar-refractivity contribution in [1.82, 2.24) is 10.2 Å². The van der Waals surface area contributed by atoms with Crippen molar-refractivity contribution in [3.05, 3.63) is 58.7 Å². The number of nitrogens with one attached hydrogen (secondary N) is 1. The van der Waals surface area contributed by atoms with Gasteiger partial charge in [-0.1, -0.05) is 32.0 Å². The summed E-state index contributed by atoms with van der Waals surface area (Å²) in [4.78, 5) is 39.2. The van der Waals surface area contributed by atoms with Crippen LogP contribution in [0.15, 0.2) is 41.3 Å². The van der Waals surface area contributed by atoms with Crippen molar-refractivity contribution in [3.8, 4) is 5.75 Å². The number of amides is 2. The fourth-order valence-corrected chi connectivity index (χ4v) is 8.41. The molecule has 1 aliphatic heterocycles. The van der Waals surface area contributed by atoms with E-state index in [-0.39, 0.29) is 42.3 Å². The van der Waals surface area contributed by atoms with Gasteiger partial charge in [0, 0.05) is 24.2 Å². The van der Waals surface area contributed by atoms with Gasteiger partial charge in [-0.3, -0.25) is 9.59 Å². The molecule has 282 valence electrons. The lowest BCUT2D eigenvalue weighted by Crippen LogP contribution is -2.51. The van der Waals surface area contributed by atoms with Gasteiger partial charge in [-0.05, 0) is 67.8 Å². The molecule has 0 spiro atoms. The third-order valence-electron chi connectivity index (χ3n) is 8.88. The number of hydrogen-bond donors (Lipinski definition) is 2. The average Bonchev–Trinajstić information content (AvgIpc) is 3.38. The number of likely N-dealkylation sites (tertiary alicyclic amines) is 1. The molecule has 2 aliphatic rings. The van der Waals surface area contributed by atoms with Crippen LogP contribution in [0.2, 0.25) is 0 Å². The summed E-state index contributed by atoms with van der Waals surface area (Å²) in [6.45, 7) is 4.12. The lowest BCUT2D eigenvalue weighted by atomic mass is 9.81. The topological polar surface area (TPSA) is 136 Å². The summed E-state index contributed by atoms with van der Waals surface area (Å²) in [6.07, 6.45) is -17.7. The number of ether oxygens (including phenoxy) is 1. The van der Waals surface area contributed by atoms with E-state index in [2.05, 4.69) is 10.1 Å². The minimum absolute atomic E-state index is 0.0155. The summed E-state index contributed by atoms with van der Waals surface area (Å²) >= 11 is 0. The van der Waals surface area contributed by atoms with Gasteiger partial charge < -0.3 is 20.7 Å². The van der Waals surface area contributed by atoms with Gasteiger partial charge in [-0.2, -0.15) is 39.5 Å². The van der Waals surface area contributed by atoms with E-state index in [0.717, 1.165) is 4.90 Å². The maximum atomic E-state index is 14.7. The molecule has 1 heterocycles. The summed E-state index contributed by atoms with van der Waals surface area (Å²) in [5, 5.41) is 3.34. The lowest BCUT2D eigenvalue weighted by molar-refractivity contribution is -0.191. The molecule has 0 unspecified atom stereocenters. The molecule has 4 rings (SSSR count). The average molecular weight is 760 g/mol. The third kappa shape index (κ3) is 8.96. The van der Waals surface area contributed by atoms with Gasteiger partial charge in [-0.15, -0.1) is 0 Å². The Morgan fingerprint density at radius 3 is 2.14 bits per heavy atom. The first kappa shape index (κ1) is 39.9. The highest BCUT2D eigenvalue weighted by atomic mass is 32.2. The first-order valence-electron chi connectivity index (χ1n) is 15.7. The zero-order valence-corrected chi connectivity index (χ0v) is 27.9. The number of sulfone groups is 1. The van der Waals surface area contributed by atoms with Gasteiger partial charge in [0.15, 0.2) is 15.6 Å². The van der Waals surface area contributed by atoms with E-state index in [9.17, 15) is 62.3 Å². The zero-order chi connectivity index (χ0) is 38.3. The van der Waals surface area contributed by atoms with E-state index < -0.39 is 104 Å². The molecule has 51 heavy (non-hydrogen) atoms. The van der Waals surface area contributed by atoms with Gasteiger partial charge in [0.1, 0.15) is 5.56 Å². The van der Waals surface area contributed by atoms with Crippen LogP contribution in [0.5, 0.6) is 5.75 Å². The fourth-order valence-electron chi connectivity index (χ4n) is 6.72. The van der Waals surface area contributed by atoms with E-state index >= 15 is 0 Å². The fraction of sp³-hybridized carbons (Fsp3) is 0.531. The molecule has 2 aromatic carbocycles. The lowest BCUT2D eigenvalue weighted by Gasteiger charge is -2.41. The molecule has 2 amide bonds. The van der Waals surface area contributed by atoms with Gasteiger partial charge in [0.25, 0.3) is 0 Å². The van der Waals surface area contributed by atoms with Crippen molar-refractivity contribution in [3.63, 3.8) is 0 Å². The van der Waals surface area contributed by atoms with Crippen molar-refractivity contribution in [1.29, 1.82) is 0 Å². The van der Waals surface area contributed by atoms with E-state index in [1.807, 2.05) is 13.8 Å². The van der Waals surface area contributed by atoms with Gasteiger partial charge in [0.2, 0.25) is 11.8 Å². The minimum Gasteiger partial charge on any atom is -0.419 e. The summed E-state index contributed by atoms with van der Waals surface area (Å²) < 4.78 is 156. The number of carbonyl (C=O) groups excluding carboxylic acids is 3. The van der Waals surface area contributed by atoms with Crippen molar-refractivity contribution in [2.75, 3.05) is 18.8 Å². The van der Waals surface area contributed by atoms with Crippen LogP contribution in [-0.2, 0) is 31.8 Å². The summed E-state index contributed by atoms with van der Waals surface area (Å²) in [5.74, 6) is -12.2. The number of nitrogens with two attached hydrogens (primary N) is 1. The molecular formula is C32H34F9N3O6S. The summed E-state index contributed by atoms with van der Waals surface area (Å²) in [7, 11) is -3.97. The SMILES string of the molecule is CC(C)CN[C@@H]1CC[C@H](N2CC[C@@H](c3c(C(N)=O)cc(C(F)(F)F)c(OC(=O)C(F)(F)F)c3C(F)(F)F)C2=O)[C@H](CS(=O)(=O)c2ccccc2)C1. The second-order valence-electron chi connectivity index (χ2n) is 12.9. The second kappa shape index (κ2) is 14.6. The number of carbonyl (C=O) groups is 3. The largest absolute Gasteiger partial charge is 0.491 e. The van der Waals surface area contributed by atoms with E-state index in [0.29, 0.717) is 13.0 Å². The zero-order valence-electron chi connectivity index (χ0n) is 27.1. The molecule has 2 aromatic rings. The number of benzene rings is 2. The molecule has 1 saturated carbocycles. The molecule has 9 nitrogen and oxygen atoms in total. The first-order chi connectivity index (χ1) is 23.4. The summed E-state index contributed by atoms with van der Waals surface area (Å²) in [5.41, 5.74) is -2.89. The standard InChI is InChI=1S/C32H34F9N3O6S/c1-16(2)14-43-18-8-9-23(17(12-18)15-51(48,49)19-6-4-3-5-7-19)44-11-10-20(28(44)46)24-21(27(42)45)13-22(30(33,34)35)26(25(24)31(36,37)38)50-29(47)32(39,40)41/h3-7,13,16-18,20,23,43H,8-12,14-15H2,1-2H3,(H2,42,45)/t17-,18+,20-,23-/m0/s1. The van der Waals surface area contributed by atoms with E-state index in [4.69, 9.17) is 5.73 Å². The van der Waals surface area contributed by atoms with Gasteiger partial charge in [0.05, 0.1) is 22.1 Å². The van der Waals surface area contributed by atoms with Gasteiger partial charge >= 0.3 is 24.5 Å². The van der Waals surface area contributed by atoms with Crippen LogP contribution in [0, 0.1) is 11.8 Å². The molecule has 1 saturated heterocycles. The maximum Gasteiger partial charge on any atom is 0.491 e. The minimum atomic E-state index is -6.04. The normalized spacial score (nSPS) is 22.0. The van der Waals surface area contributed by atoms with Crippen molar-refractivity contribution in [2.45, 2.75) is 81.0 Å². The van der Waals surface area contributed by atoms with Crippen molar-refractivity contribution >= 4 is 27.6 Å². The van der Waals surface area contributed by atoms with Crippen LogP contribution < -0.4 is 15.8 Å². The monoisotopic (exact) mass is 759 g/mol. The second-order valence-corrected chi connectivity index (χ2v) is 15.0. The molecule has 4 atom stereocenters. The Bertz CT molecular complexity index is 1750. The van der Waals surface area contributed by atoms with Crippen LogP contribution >= 0.6 is 0 Å². The number of primary amides is 1. The Balaban J connectivity index is 1.83. The number of hydrogen-bond acceptors (Lipinski definition) is 7. The Kier molecular flexibility index (Phi) is 11.5. The van der Waals surface area contributed by atoms with Crippen LogP contribution in [0.1, 0.15) is 72.5 Å². The smallest absolute Gasteiger partial charge is 0.419 e. The van der Waals surface area contributed by atoms with Crippen LogP contribution in [0.3, 0.4) is 0 Å². The molecule has 1 aliphatic carbocycles. The molecular weight excluding hydrogens is 725 g/mol. The quantitative estimate of drug-likeness (QED) is 0.176. The molecule has 19 heteroatoms. The van der Waals surface area contributed by atoms with Crippen molar-refractivity contribution < 1.29 is 67.1 Å². The van der Waals surface area contributed by atoms with E-state index in [1.54, 1.807) is 6.07 Å². The van der Waals surface area contributed by atoms with E-state index in [1.165, 1.54) is 24.3 Å². The number of nitrogens with zero attached hydrogens (tertiary/aromatic N) is 1. The first-order valence-corrected chi connectivity index (χ1v) is 17.3. The third-order valence-corrected chi connectivity index (χ3v) is 10.7. The predicted octanol–water partition coefficient (Wildman–Crippen LogP) is 5.86. The molecule has 0 aromatic heterocycles. The van der Waals surface area contributed by atoms with Crippen molar-refractivity contribution in [2.24, 2.45) is 17.6 Å². The molecule has 0 radical (unpaired) electrons. The highest BCUT2D eigenvalue weighted by Gasteiger charge is 2.53. The molecule has 2 fully saturated rings. The molecule has 3 N–H and O–H groups in total. The number of alkyl halides is 9. The van der Waals surface area contributed by atoms with Crippen LogP contribution in [-0.4, -0.2) is 68.2 Å². The number of halogens is 9. The Hall–Kier alpha value is -3.87. The number of esters is 1. The Morgan fingerprint density at radius 1 is 0.980 bits per heavy atom. The van der Waals surface area contributed by atoms with Gasteiger partial charge in [-0.25, -0.2) is 13.2 Å². The maximum absolute atomic E-state index is 14.7. The Labute approximate surface area is 286 Å². The number of rotatable bonds is 10. The highest BCUT2D eigenvalue weighted by Crippen LogP contribution is 2.51. The van der Waals surface area contributed by atoms with Crippen LogP contribution in [0.4, 0.5) is 39.5 Å². The molecule has 0 bridgehead atoms. The highest BCUT2D eigenvalue weighted by molar-refractivity contribution is 7.91.